The zero-order chi connectivity index (χ0) is 38.7. The van der Waals surface area contributed by atoms with Crippen LogP contribution in [0, 0.1) is 5.92 Å². The lowest BCUT2D eigenvalue weighted by Gasteiger charge is -2.42. The maximum Gasteiger partial charge on any atom is 0.409 e. The van der Waals surface area contributed by atoms with E-state index < -0.39 is 65.7 Å². The number of ether oxygens (including phenoxy) is 4. The summed E-state index contributed by atoms with van der Waals surface area (Å²) in [6.45, 7) is 10.6. The largest absolute Gasteiger partial charge is 0.457 e. The van der Waals surface area contributed by atoms with Gasteiger partial charge < -0.3 is 39.0 Å². The van der Waals surface area contributed by atoms with Gasteiger partial charge in [0.05, 0.1) is 35.6 Å². The molecule has 4 rings (SSSR count). The van der Waals surface area contributed by atoms with Gasteiger partial charge in [0.1, 0.15) is 30.0 Å². The second kappa shape index (κ2) is 16.9. The maximum atomic E-state index is 14.1. The first kappa shape index (κ1) is 41.6. The molecule has 4 bridgehead atoms. The third-order valence-electron chi connectivity index (χ3n) is 10.1. The summed E-state index contributed by atoms with van der Waals surface area (Å²) < 4.78 is 23.6. The molecule has 52 heavy (non-hydrogen) atoms. The predicted molar refractivity (Wildman–Crippen MR) is 198 cm³/mol. The van der Waals surface area contributed by atoms with Gasteiger partial charge in [0.15, 0.2) is 5.72 Å². The number of thioether (sulfide) groups is 1. The summed E-state index contributed by atoms with van der Waals surface area (Å²) in [6.07, 6.45) is 0.816. The molecule has 0 aliphatic carbocycles. The summed E-state index contributed by atoms with van der Waals surface area (Å²) in [4.78, 5) is 56.2. The number of nitrogens with one attached hydrogen (secondary N) is 1. The van der Waals surface area contributed by atoms with Crippen molar-refractivity contribution in [3.05, 3.63) is 52.1 Å². The fraction of sp³-hybridized carbons (Fsp3) is 0.622. The van der Waals surface area contributed by atoms with Gasteiger partial charge in [0, 0.05) is 33.5 Å². The minimum absolute atomic E-state index is 0.0554. The van der Waals surface area contributed by atoms with Crippen molar-refractivity contribution in [2.75, 3.05) is 31.9 Å². The summed E-state index contributed by atoms with van der Waals surface area (Å²) >= 11 is 8.17. The molecule has 3 heterocycles. The number of aliphatic hydroxyl groups is 2. The predicted octanol–water partition coefficient (Wildman–Crippen LogP) is 4.14. The number of nitrogens with zero attached hydrogens (tertiary/aromatic N) is 2. The first-order valence-corrected chi connectivity index (χ1v) is 18.8. The average molecular weight is 766 g/mol. The lowest BCUT2D eigenvalue weighted by Crippen LogP contribution is -2.63. The molecule has 2 fully saturated rings. The Labute approximate surface area is 315 Å². The number of methoxy groups -OCH3 is 1. The molecule has 288 valence electrons. The number of fused-ring (bicyclic) bond motifs is 5. The molecular weight excluding hydrogens is 714 g/mol. The molecule has 3 aliphatic rings. The monoisotopic (exact) mass is 765 g/mol. The molecule has 13 nitrogen and oxygen atoms in total. The van der Waals surface area contributed by atoms with Crippen molar-refractivity contribution in [3.8, 4) is 0 Å². The summed E-state index contributed by atoms with van der Waals surface area (Å²) in [5, 5.41) is 24.8. The van der Waals surface area contributed by atoms with Gasteiger partial charge in [-0.25, -0.2) is 9.59 Å². The van der Waals surface area contributed by atoms with E-state index in [1.54, 1.807) is 52.1 Å². The van der Waals surface area contributed by atoms with Crippen molar-refractivity contribution in [1.82, 2.24) is 10.2 Å². The molecule has 0 saturated carbocycles. The van der Waals surface area contributed by atoms with E-state index in [2.05, 4.69) is 5.32 Å². The number of benzene rings is 1. The molecule has 1 aromatic rings. The molecule has 3 aliphatic heterocycles. The molecule has 3 amide bonds. The number of anilines is 1. The van der Waals surface area contributed by atoms with Gasteiger partial charge in [0.25, 0.3) is 0 Å². The van der Waals surface area contributed by atoms with Gasteiger partial charge in [-0.15, -0.1) is 11.8 Å². The molecule has 15 heteroatoms. The summed E-state index contributed by atoms with van der Waals surface area (Å²) in [6, 6.07) is 2.56. The van der Waals surface area contributed by atoms with Crippen molar-refractivity contribution in [2.45, 2.75) is 114 Å². The van der Waals surface area contributed by atoms with Crippen molar-refractivity contribution >= 4 is 52.9 Å². The summed E-state index contributed by atoms with van der Waals surface area (Å²) in [5.41, 5.74) is -0.580. The number of likely N-dealkylation sites (N-methyl/N-ethyl adjacent to an activating group) is 1. The minimum atomic E-state index is -1.83. The van der Waals surface area contributed by atoms with Crippen molar-refractivity contribution in [1.29, 1.82) is 0 Å². The van der Waals surface area contributed by atoms with Crippen LogP contribution in [0.2, 0.25) is 5.02 Å². The second-order valence-electron chi connectivity index (χ2n) is 14.4. The first-order valence-electron chi connectivity index (χ1n) is 17.4. The number of rotatable bonds is 8. The van der Waals surface area contributed by atoms with E-state index in [4.69, 9.17) is 30.5 Å². The van der Waals surface area contributed by atoms with Crippen LogP contribution in [0.15, 0.2) is 35.9 Å². The minimum Gasteiger partial charge on any atom is -0.457 e. The van der Waals surface area contributed by atoms with E-state index in [0.29, 0.717) is 17.7 Å². The highest BCUT2D eigenvalue weighted by Crippen LogP contribution is 2.49. The zero-order valence-corrected chi connectivity index (χ0v) is 32.9. The third-order valence-corrected chi connectivity index (χ3v) is 11.6. The number of epoxide rings is 1. The van der Waals surface area contributed by atoms with Crippen LogP contribution in [0.3, 0.4) is 0 Å². The Bertz CT molecular complexity index is 1590. The SMILES string of the molecule is COC1/C=C/C=C(\C)Cc2cc(CO)c(Cl)c(c2)N(C)C(=O)CC(OC(=O)C(C)N(C)C(=O)CSC(C)C)C2(C)OC2C(C)C2CC1(O)NC(=O)O2. The van der Waals surface area contributed by atoms with E-state index >= 15 is 0 Å². The lowest BCUT2D eigenvalue weighted by atomic mass is 9.83. The number of alkyl carbamates (subject to hydrolysis) is 1. The van der Waals surface area contributed by atoms with E-state index in [1.165, 1.54) is 35.7 Å². The highest BCUT2D eigenvalue weighted by Gasteiger charge is 2.64. The van der Waals surface area contributed by atoms with Gasteiger partial charge in [-0.05, 0) is 49.6 Å². The van der Waals surface area contributed by atoms with Crippen LogP contribution >= 0.6 is 23.4 Å². The van der Waals surface area contributed by atoms with Crippen LogP contribution < -0.4 is 10.2 Å². The Kier molecular flexibility index (Phi) is 13.5. The quantitative estimate of drug-likeness (QED) is 0.257. The van der Waals surface area contributed by atoms with Gasteiger partial charge in [-0.3, -0.25) is 14.9 Å². The molecular formula is C37H52ClN3O10S. The molecule has 2 saturated heterocycles. The molecule has 3 N–H and O–H groups in total. The van der Waals surface area contributed by atoms with E-state index in [9.17, 15) is 29.4 Å². The number of aliphatic hydroxyl groups excluding tert-OH is 1. The van der Waals surface area contributed by atoms with Gasteiger partial charge in [-0.2, -0.15) is 0 Å². The van der Waals surface area contributed by atoms with Gasteiger partial charge in [-0.1, -0.05) is 62.2 Å². The van der Waals surface area contributed by atoms with Crippen LogP contribution in [0.4, 0.5) is 10.5 Å². The number of carbonyl (C=O) groups is 4. The second-order valence-corrected chi connectivity index (χ2v) is 16.3. The average Bonchev–Trinajstić information content (AvgIpc) is 3.79. The Morgan fingerprint density at radius 3 is 2.58 bits per heavy atom. The fourth-order valence-corrected chi connectivity index (χ4v) is 7.59. The Morgan fingerprint density at radius 1 is 1.25 bits per heavy atom. The first-order chi connectivity index (χ1) is 24.3. The Balaban J connectivity index is 1.75. The fourth-order valence-electron chi connectivity index (χ4n) is 6.62. The van der Waals surface area contributed by atoms with E-state index in [-0.39, 0.29) is 41.4 Å². The number of hydrogen-bond donors (Lipinski definition) is 3. The molecule has 1 aromatic carbocycles. The number of amides is 3. The van der Waals surface area contributed by atoms with Crippen LogP contribution in [0.5, 0.6) is 0 Å². The smallest absolute Gasteiger partial charge is 0.409 e. The number of allylic oxidation sites excluding steroid dienone is 3. The number of hydrogen-bond acceptors (Lipinski definition) is 11. The molecule has 0 aromatic heterocycles. The van der Waals surface area contributed by atoms with Gasteiger partial charge in [0.2, 0.25) is 11.8 Å². The number of halogens is 1. The Hall–Kier alpha value is -3.14. The Morgan fingerprint density at radius 2 is 1.94 bits per heavy atom. The molecule has 8 unspecified atom stereocenters. The molecule has 0 radical (unpaired) electrons. The number of esters is 1. The summed E-state index contributed by atoms with van der Waals surface area (Å²) in [7, 11) is 4.51. The zero-order valence-electron chi connectivity index (χ0n) is 31.3. The lowest BCUT2D eigenvalue weighted by molar-refractivity contribution is -0.161. The maximum absolute atomic E-state index is 14.1. The highest BCUT2D eigenvalue weighted by atomic mass is 35.5. The van der Waals surface area contributed by atoms with Crippen LogP contribution in [0.1, 0.15) is 65.5 Å². The highest BCUT2D eigenvalue weighted by molar-refractivity contribution is 8.00. The summed E-state index contributed by atoms with van der Waals surface area (Å²) in [5.74, 6) is -1.77. The van der Waals surface area contributed by atoms with E-state index in [1.807, 2.05) is 26.8 Å². The van der Waals surface area contributed by atoms with Crippen LogP contribution in [0.25, 0.3) is 0 Å². The van der Waals surface area contributed by atoms with Crippen LogP contribution in [-0.4, -0.2) is 113 Å². The standard InChI is InChI=1S/C37H52ClN3O10S/c1-20(2)52-19-31(44)40(7)23(5)34(45)50-29-16-30(43)41(8)26-15-24(14-25(18-42)32(26)38)13-21(3)11-10-12-28(48-9)37(47)17-27(49-35(46)39-37)22(4)33-36(29,6)51-33/h10-12,14-15,20,22-23,27-29,33,42,47H,13,16-19H2,1-9H3,(H,39,46)/b12-10+,21-11+. The van der Waals surface area contributed by atoms with Crippen molar-refractivity contribution in [3.63, 3.8) is 0 Å². The van der Waals surface area contributed by atoms with Crippen LogP contribution in [-0.2, 0) is 46.4 Å². The van der Waals surface area contributed by atoms with E-state index in [0.717, 1.165) is 11.1 Å². The van der Waals surface area contributed by atoms with Gasteiger partial charge >= 0.3 is 12.1 Å². The van der Waals surface area contributed by atoms with Crippen molar-refractivity contribution < 1.29 is 48.3 Å². The molecule has 0 spiro atoms. The normalized spacial score (nSPS) is 31.8. The number of carbonyl (C=O) groups excluding carboxylic acids is 4. The topological polar surface area (TPSA) is 167 Å². The third kappa shape index (κ3) is 9.31. The molecule has 8 atom stereocenters. The van der Waals surface area contributed by atoms with Crippen molar-refractivity contribution in [2.24, 2.45) is 5.92 Å².